The van der Waals surface area contributed by atoms with Gasteiger partial charge in [-0.15, -0.1) is 5.10 Å². The van der Waals surface area contributed by atoms with Crippen LogP contribution in [0.5, 0.6) is 5.88 Å². The molecule has 0 unspecified atom stereocenters. The zero-order valence-corrected chi connectivity index (χ0v) is 16.8. The topological polar surface area (TPSA) is 108 Å². The highest BCUT2D eigenvalue weighted by molar-refractivity contribution is 5.40. The average molecular weight is 390 g/mol. The minimum Gasteiger partial charge on any atom is -0.444 e. The molecule has 0 saturated carbocycles. The SMILES string of the molecule is Cc1ccccc1Cc1c(O[C@@H]2O[C@H](CO)[C@H](O)[C@H](C)[C@H]2O)n[nH]c1C(C)C. The zero-order chi connectivity index (χ0) is 20.4. The first-order valence-corrected chi connectivity index (χ1v) is 9.74. The van der Waals surface area contributed by atoms with E-state index in [4.69, 9.17) is 9.47 Å². The van der Waals surface area contributed by atoms with E-state index in [1.807, 2.05) is 12.1 Å². The maximum absolute atomic E-state index is 10.5. The highest BCUT2D eigenvalue weighted by Gasteiger charge is 2.43. The molecule has 0 bridgehead atoms. The number of H-pyrrole nitrogens is 1. The van der Waals surface area contributed by atoms with Crippen LogP contribution in [0.4, 0.5) is 0 Å². The van der Waals surface area contributed by atoms with Crippen molar-refractivity contribution < 1.29 is 24.8 Å². The van der Waals surface area contributed by atoms with E-state index in [0.29, 0.717) is 12.3 Å². The second kappa shape index (κ2) is 8.61. The summed E-state index contributed by atoms with van der Waals surface area (Å²) in [6.45, 7) is 7.56. The lowest BCUT2D eigenvalue weighted by atomic mass is 9.91. The third-order valence-electron chi connectivity index (χ3n) is 5.52. The van der Waals surface area contributed by atoms with Crippen molar-refractivity contribution in [1.29, 1.82) is 0 Å². The minimum absolute atomic E-state index is 0.215. The number of benzene rings is 1. The maximum Gasteiger partial charge on any atom is 0.238 e. The monoisotopic (exact) mass is 390 g/mol. The maximum atomic E-state index is 10.5. The van der Waals surface area contributed by atoms with E-state index in [0.717, 1.165) is 16.8 Å². The van der Waals surface area contributed by atoms with Crippen molar-refractivity contribution in [2.45, 2.75) is 64.6 Å². The van der Waals surface area contributed by atoms with Crippen molar-refractivity contribution in [2.75, 3.05) is 6.61 Å². The summed E-state index contributed by atoms with van der Waals surface area (Å²) in [6, 6.07) is 8.14. The first-order chi connectivity index (χ1) is 13.3. The molecule has 0 spiro atoms. The van der Waals surface area contributed by atoms with Crippen molar-refractivity contribution in [2.24, 2.45) is 5.92 Å². The van der Waals surface area contributed by atoms with Crippen molar-refractivity contribution in [3.05, 3.63) is 46.6 Å². The molecular formula is C21H30N2O5. The Bertz CT molecular complexity index is 789. The van der Waals surface area contributed by atoms with Crippen molar-refractivity contribution in [3.8, 4) is 5.88 Å². The van der Waals surface area contributed by atoms with E-state index >= 15 is 0 Å². The van der Waals surface area contributed by atoms with E-state index in [1.165, 1.54) is 5.56 Å². The van der Waals surface area contributed by atoms with Gasteiger partial charge in [0.2, 0.25) is 12.2 Å². The number of ether oxygens (including phenoxy) is 2. The molecule has 1 fully saturated rings. The lowest BCUT2D eigenvalue weighted by Crippen LogP contribution is -2.56. The van der Waals surface area contributed by atoms with Gasteiger partial charge in [-0.2, -0.15) is 0 Å². The van der Waals surface area contributed by atoms with Gasteiger partial charge in [-0.1, -0.05) is 45.0 Å². The van der Waals surface area contributed by atoms with Crippen LogP contribution in [0.15, 0.2) is 24.3 Å². The predicted molar refractivity (Wildman–Crippen MR) is 104 cm³/mol. The molecule has 0 amide bonds. The predicted octanol–water partition coefficient (Wildman–Crippen LogP) is 1.89. The van der Waals surface area contributed by atoms with Gasteiger partial charge in [-0.05, 0) is 24.0 Å². The standard InChI is InChI=1S/C21H30N2O5/c1-11(2)17-15(9-14-8-6-5-7-12(14)3)20(23-22-17)28-21-19(26)13(4)18(25)16(10-24)27-21/h5-8,11,13,16,18-19,21,24-26H,9-10H2,1-4H3,(H,22,23)/t13-,16+,18+,19+,21-/m0/s1. The quantitative estimate of drug-likeness (QED) is 0.600. The first kappa shape index (κ1) is 20.8. The van der Waals surface area contributed by atoms with Crippen molar-refractivity contribution in [1.82, 2.24) is 10.2 Å². The largest absolute Gasteiger partial charge is 0.444 e. The highest BCUT2D eigenvalue weighted by Crippen LogP contribution is 2.32. The fourth-order valence-electron chi connectivity index (χ4n) is 3.59. The van der Waals surface area contributed by atoms with E-state index in [-0.39, 0.29) is 12.5 Å². The number of aryl methyl sites for hydroxylation is 1. The van der Waals surface area contributed by atoms with Crippen molar-refractivity contribution in [3.63, 3.8) is 0 Å². The number of aliphatic hydroxyl groups excluding tert-OH is 3. The Hall–Kier alpha value is -1.93. The molecule has 5 atom stereocenters. The summed E-state index contributed by atoms with van der Waals surface area (Å²) in [5, 5.41) is 37.5. The van der Waals surface area contributed by atoms with Gasteiger partial charge in [0.05, 0.1) is 12.7 Å². The molecule has 154 valence electrons. The molecule has 28 heavy (non-hydrogen) atoms. The summed E-state index contributed by atoms with van der Waals surface area (Å²) in [4.78, 5) is 0. The van der Waals surface area contributed by atoms with Crippen LogP contribution < -0.4 is 4.74 Å². The van der Waals surface area contributed by atoms with E-state index < -0.39 is 30.5 Å². The molecule has 1 saturated heterocycles. The summed E-state index contributed by atoms with van der Waals surface area (Å²) >= 11 is 0. The third-order valence-corrected chi connectivity index (χ3v) is 5.52. The highest BCUT2D eigenvalue weighted by atomic mass is 16.7. The van der Waals surface area contributed by atoms with Gasteiger partial charge in [0.15, 0.2) is 0 Å². The minimum atomic E-state index is -1.04. The fraction of sp³-hybridized carbons (Fsp3) is 0.571. The number of nitrogens with zero attached hydrogens (tertiary/aromatic N) is 1. The Kier molecular flexibility index (Phi) is 6.40. The molecule has 7 heteroatoms. The molecule has 2 aromatic rings. The van der Waals surface area contributed by atoms with Crippen LogP contribution in [0.1, 0.15) is 49.1 Å². The molecule has 1 aliphatic heterocycles. The summed E-state index contributed by atoms with van der Waals surface area (Å²) in [5.74, 6) is 0.0857. The van der Waals surface area contributed by atoms with Gasteiger partial charge in [-0.3, -0.25) is 5.10 Å². The van der Waals surface area contributed by atoms with E-state index in [2.05, 4.69) is 43.1 Å². The molecule has 0 radical (unpaired) electrons. The molecule has 2 heterocycles. The summed E-state index contributed by atoms with van der Waals surface area (Å²) in [5.41, 5.74) is 4.22. The van der Waals surface area contributed by atoms with Gasteiger partial charge in [0, 0.05) is 23.6 Å². The molecule has 1 aromatic heterocycles. The third kappa shape index (κ3) is 4.07. The first-order valence-electron chi connectivity index (χ1n) is 9.74. The van der Waals surface area contributed by atoms with Crippen LogP contribution in [-0.2, 0) is 11.2 Å². The Morgan fingerprint density at radius 1 is 1.21 bits per heavy atom. The summed E-state index contributed by atoms with van der Waals surface area (Å²) < 4.78 is 11.6. The van der Waals surface area contributed by atoms with E-state index in [1.54, 1.807) is 6.92 Å². The number of hydrogen-bond donors (Lipinski definition) is 4. The number of aromatic nitrogens is 2. The van der Waals surface area contributed by atoms with Gasteiger partial charge in [0.25, 0.3) is 0 Å². The molecule has 1 aromatic carbocycles. The second-order valence-corrected chi connectivity index (χ2v) is 7.86. The van der Waals surface area contributed by atoms with E-state index in [9.17, 15) is 15.3 Å². The number of hydrogen-bond acceptors (Lipinski definition) is 6. The lowest BCUT2D eigenvalue weighted by Gasteiger charge is -2.40. The molecule has 4 N–H and O–H groups in total. The second-order valence-electron chi connectivity index (χ2n) is 7.86. The number of aromatic amines is 1. The molecule has 3 rings (SSSR count). The smallest absolute Gasteiger partial charge is 0.238 e. The molecule has 7 nitrogen and oxygen atoms in total. The Morgan fingerprint density at radius 3 is 2.57 bits per heavy atom. The Balaban J connectivity index is 1.89. The van der Waals surface area contributed by atoms with Crippen LogP contribution in [0, 0.1) is 12.8 Å². The normalized spacial score (nSPS) is 27.9. The van der Waals surface area contributed by atoms with Gasteiger partial charge in [0.1, 0.15) is 12.2 Å². The lowest BCUT2D eigenvalue weighted by molar-refractivity contribution is -0.261. The van der Waals surface area contributed by atoms with Gasteiger partial charge >= 0.3 is 0 Å². The summed E-state index contributed by atoms with van der Waals surface area (Å²) in [6.07, 6.45) is -3.20. The number of rotatable bonds is 6. The van der Waals surface area contributed by atoms with Crippen LogP contribution in [0.2, 0.25) is 0 Å². The zero-order valence-electron chi connectivity index (χ0n) is 16.8. The van der Waals surface area contributed by atoms with Crippen LogP contribution >= 0.6 is 0 Å². The molecule has 1 aliphatic rings. The van der Waals surface area contributed by atoms with Crippen LogP contribution in [0.3, 0.4) is 0 Å². The number of aliphatic hydroxyl groups is 3. The molecular weight excluding hydrogens is 360 g/mol. The van der Waals surface area contributed by atoms with Crippen LogP contribution in [-0.4, -0.2) is 56.7 Å². The van der Waals surface area contributed by atoms with Gasteiger partial charge in [-0.25, -0.2) is 0 Å². The average Bonchev–Trinajstić information content (AvgIpc) is 3.06. The summed E-state index contributed by atoms with van der Waals surface area (Å²) in [7, 11) is 0. The Morgan fingerprint density at radius 2 is 1.93 bits per heavy atom. The van der Waals surface area contributed by atoms with Crippen LogP contribution in [0.25, 0.3) is 0 Å². The number of nitrogens with one attached hydrogen (secondary N) is 1. The fourth-order valence-corrected chi connectivity index (χ4v) is 3.59. The van der Waals surface area contributed by atoms with Gasteiger partial charge < -0.3 is 24.8 Å². The van der Waals surface area contributed by atoms with Crippen molar-refractivity contribution >= 4 is 0 Å². The molecule has 0 aliphatic carbocycles. The Labute approximate surface area is 165 Å².